The molecule has 9 heteroatoms. The second kappa shape index (κ2) is 8.09. The van der Waals surface area contributed by atoms with Gasteiger partial charge in [-0.25, -0.2) is 4.98 Å². The average Bonchev–Trinajstić information content (AvgIpc) is 3.12. The summed E-state index contributed by atoms with van der Waals surface area (Å²) in [5.41, 5.74) is 1.94. The van der Waals surface area contributed by atoms with Crippen LogP contribution in [0.4, 0.5) is 5.95 Å². The van der Waals surface area contributed by atoms with E-state index in [4.69, 9.17) is 0 Å². The first-order chi connectivity index (χ1) is 11.6. The Balaban J connectivity index is 1.43. The summed E-state index contributed by atoms with van der Waals surface area (Å²) >= 11 is 10.3. The lowest BCUT2D eigenvalue weighted by Gasteiger charge is -2.06. The average molecular weight is 492 g/mol. The molecule has 3 N–H and O–H groups in total. The fourth-order valence-electron chi connectivity index (χ4n) is 2.25. The van der Waals surface area contributed by atoms with E-state index >= 15 is 0 Å². The van der Waals surface area contributed by atoms with E-state index in [1.54, 1.807) is 11.3 Å². The molecule has 3 aromatic heterocycles. The molecule has 0 aromatic carbocycles. The van der Waals surface area contributed by atoms with Crippen molar-refractivity contribution in [1.82, 2.24) is 15.3 Å². The molecule has 0 bridgehead atoms. The van der Waals surface area contributed by atoms with Crippen LogP contribution in [0.25, 0.3) is 10.2 Å². The molecular weight excluding hydrogens is 476 g/mol. The van der Waals surface area contributed by atoms with Crippen LogP contribution in [0.1, 0.15) is 16.9 Å². The van der Waals surface area contributed by atoms with Gasteiger partial charge in [0.1, 0.15) is 4.70 Å². The first-order valence-corrected chi connectivity index (χ1v) is 10.7. The SMILES string of the molecule is Cc1c(CNCCCNc2nc3ccsc3c(=O)[nH]2)sc(Br)c1Br. The number of hydrogen-bond acceptors (Lipinski definition) is 6. The van der Waals surface area contributed by atoms with Gasteiger partial charge in [0.05, 0.1) is 9.30 Å². The third-order valence-electron chi connectivity index (χ3n) is 3.56. The molecule has 0 saturated carbocycles. The summed E-state index contributed by atoms with van der Waals surface area (Å²) < 4.78 is 2.95. The normalized spacial score (nSPS) is 11.3. The molecule has 128 valence electrons. The first kappa shape index (κ1) is 18.1. The van der Waals surface area contributed by atoms with E-state index in [-0.39, 0.29) is 5.56 Å². The Hall–Kier alpha value is -0.740. The van der Waals surface area contributed by atoms with E-state index in [2.05, 4.69) is 59.4 Å². The van der Waals surface area contributed by atoms with Crippen molar-refractivity contribution in [3.05, 3.63) is 40.5 Å². The summed E-state index contributed by atoms with van der Waals surface area (Å²) in [5.74, 6) is 0.535. The van der Waals surface area contributed by atoms with Crippen molar-refractivity contribution in [3.8, 4) is 0 Å². The van der Waals surface area contributed by atoms with Gasteiger partial charge in [-0.15, -0.1) is 22.7 Å². The van der Waals surface area contributed by atoms with E-state index in [0.29, 0.717) is 10.6 Å². The Morgan fingerprint density at radius 3 is 2.92 bits per heavy atom. The molecule has 24 heavy (non-hydrogen) atoms. The van der Waals surface area contributed by atoms with E-state index in [0.717, 1.165) is 39.8 Å². The number of hydrogen-bond donors (Lipinski definition) is 3. The number of fused-ring (bicyclic) bond motifs is 1. The Kier molecular flexibility index (Phi) is 6.09. The van der Waals surface area contributed by atoms with Gasteiger partial charge in [-0.1, -0.05) is 0 Å². The van der Waals surface area contributed by atoms with Crippen molar-refractivity contribution in [3.63, 3.8) is 0 Å². The largest absolute Gasteiger partial charge is 0.356 e. The fourth-order valence-corrected chi connectivity index (χ4v) is 5.36. The second-order valence-corrected chi connectivity index (χ2v) is 9.38. The lowest BCUT2D eigenvalue weighted by atomic mass is 10.3. The molecule has 0 atom stereocenters. The maximum absolute atomic E-state index is 11.9. The third kappa shape index (κ3) is 4.08. The van der Waals surface area contributed by atoms with Gasteiger partial charge in [0, 0.05) is 22.4 Å². The maximum atomic E-state index is 11.9. The van der Waals surface area contributed by atoms with Gasteiger partial charge in [0.25, 0.3) is 5.56 Å². The van der Waals surface area contributed by atoms with Crippen LogP contribution in [0.5, 0.6) is 0 Å². The Labute approximate surface area is 164 Å². The Bertz CT molecular complexity index is 903. The minimum absolute atomic E-state index is 0.0834. The van der Waals surface area contributed by atoms with Crippen LogP contribution in [0, 0.1) is 6.92 Å². The predicted molar refractivity (Wildman–Crippen MR) is 110 cm³/mol. The second-order valence-electron chi connectivity index (χ2n) is 5.24. The molecular formula is C15H16Br2N4OS2. The van der Waals surface area contributed by atoms with Gasteiger partial charge in [0.2, 0.25) is 5.95 Å². The van der Waals surface area contributed by atoms with Crippen LogP contribution in [0.2, 0.25) is 0 Å². The zero-order valence-corrected chi connectivity index (χ0v) is 17.7. The molecule has 0 unspecified atom stereocenters. The molecule has 0 fully saturated rings. The molecule has 5 nitrogen and oxygen atoms in total. The summed E-state index contributed by atoms with van der Waals surface area (Å²) in [6.07, 6.45) is 0.943. The van der Waals surface area contributed by atoms with Crippen molar-refractivity contribution in [2.45, 2.75) is 19.9 Å². The lowest BCUT2D eigenvalue weighted by Crippen LogP contribution is -2.19. The number of H-pyrrole nitrogens is 1. The topological polar surface area (TPSA) is 69.8 Å². The van der Waals surface area contributed by atoms with Crippen molar-refractivity contribution in [1.29, 1.82) is 0 Å². The minimum Gasteiger partial charge on any atom is -0.356 e. The molecule has 0 spiro atoms. The summed E-state index contributed by atoms with van der Waals surface area (Å²) in [7, 11) is 0. The number of aromatic amines is 1. The van der Waals surface area contributed by atoms with Crippen LogP contribution in [0.3, 0.4) is 0 Å². The van der Waals surface area contributed by atoms with Crippen LogP contribution >= 0.6 is 54.5 Å². The van der Waals surface area contributed by atoms with Crippen LogP contribution < -0.4 is 16.2 Å². The zero-order chi connectivity index (χ0) is 17.1. The van der Waals surface area contributed by atoms with Gasteiger partial charge in [-0.2, -0.15) is 0 Å². The number of thiophene rings is 2. The molecule has 3 rings (SSSR count). The molecule has 0 aliphatic rings. The third-order valence-corrected chi connectivity index (χ3v) is 8.21. The monoisotopic (exact) mass is 490 g/mol. The molecule has 3 heterocycles. The Morgan fingerprint density at radius 1 is 1.33 bits per heavy atom. The van der Waals surface area contributed by atoms with Gasteiger partial charge in [-0.3, -0.25) is 9.78 Å². The van der Waals surface area contributed by atoms with Crippen molar-refractivity contribution >= 4 is 70.7 Å². The van der Waals surface area contributed by atoms with Crippen molar-refractivity contribution in [2.24, 2.45) is 0 Å². The summed E-state index contributed by atoms with van der Waals surface area (Å²) in [5, 5.41) is 8.50. The van der Waals surface area contributed by atoms with E-state index in [1.165, 1.54) is 21.8 Å². The van der Waals surface area contributed by atoms with E-state index in [9.17, 15) is 4.79 Å². The van der Waals surface area contributed by atoms with Gasteiger partial charge in [-0.05, 0) is 68.8 Å². The highest BCUT2D eigenvalue weighted by Crippen LogP contribution is 2.36. The minimum atomic E-state index is -0.0834. The number of rotatable bonds is 7. The maximum Gasteiger partial charge on any atom is 0.270 e. The van der Waals surface area contributed by atoms with Gasteiger partial charge < -0.3 is 10.6 Å². The molecule has 3 aromatic rings. The molecule has 0 aliphatic heterocycles. The smallest absolute Gasteiger partial charge is 0.270 e. The standard InChI is InChI=1S/C15H16Br2N4OS2/c1-8-10(24-13(17)11(8)16)7-18-4-2-5-19-15-20-9-3-6-23-12(9)14(22)21-15/h3,6,18H,2,4-5,7H2,1H3,(H2,19,20,21,22). The molecule has 0 amide bonds. The number of anilines is 1. The molecule has 0 aliphatic carbocycles. The highest BCUT2D eigenvalue weighted by molar-refractivity contribution is 9.13. The summed E-state index contributed by atoms with van der Waals surface area (Å²) in [6.45, 7) is 4.62. The highest BCUT2D eigenvalue weighted by Gasteiger charge is 2.10. The van der Waals surface area contributed by atoms with Crippen molar-refractivity contribution < 1.29 is 0 Å². The molecule has 0 radical (unpaired) electrons. The quantitative estimate of drug-likeness (QED) is 0.426. The van der Waals surface area contributed by atoms with Crippen LogP contribution in [-0.4, -0.2) is 23.1 Å². The van der Waals surface area contributed by atoms with Gasteiger partial charge in [0.15, 0.2) is 0 Å². The van der Waals surface area contributed by atoms with Crippen LogP contribution in [0.15, 0.2) is 24.5 Å². The number of halogens is 2. The lowest BCUT2D eigenvalue weighted by molar-refractivity contribution is 0.666. The number of aromatic nitrogens is 2. The summed E-state index contributed by atoms with van der Waals surface area (Å²) in [6, 6.07) is 1.86. The predicted octanol–water partition coefficient (Wildman–Crippen LogP) is 4.47. The highest BCUT2D eigenvalue weighted by atomic mass is 79.9. The van der Waals surface area contributed by atoms with Gasteiger partial charge >= 0.3 is 0 Å². The van der Waals surface area contributed by atoms with E-state index in [1.807, 2.05) is 11.4 Å². The number of nitrogens with zero attached hydrogens (tertiary/aromatic N) is 1. The first-order valence-electron chi connectivity index (χ1n) is 7.41. The van der Waals surface area contributed by atoms with E-state index < -0.39 is 0 Å². The Morgan fingerprint density at radius 2 is 2.17 bits per heavy atom. The number of nitrogens with one attached hydrogen (secondary N) is 3. The molecule has 0 saturated heterocycles. The van der Waals surface area contributed by atoms with Crippen LogP contribution in [-0.2, 0) is 6.54 Å². The fraction of sp³-hybridized carbons (Fsp3) is 0.333. The summed E-state index contributed by atoms with van der Waals surface area (Å²) in [4.78, 5) is 20.4. The zero-order valence-electron chi connectivity index (χ0n) is 12.9. The van der Waals surface area contributed by atoms with Crippen molar-refractivity contribution in [2.75, 3.05) is 18.4 Å².